The van der Waals surface area contributed by atoms with E-state index in [1.807, 2.05) is 6.92 Å². The van der Waals surface area contributed by atoms with Crippen molar-refractivity contribution in [3.05, 3.63) is 46.8 Å². The number of carbonyl (C=O) groups is 2. The maximum Gasteiger partial charge on any atom is 0.339 e. The first-order valence-corrected chi connectivity index (χ1v) is 8.24. The number of rotatable bonds is 3. The van der Waals surface area contributed by atoms with Gasteiger partial charge in [-0.3, -0.25) is 9.48 Å². The normalized spacial score (nSPS) is 15.4. The fourth-order valence-electron chi connectivity index (χ4n) is 3.31. The van der Waals surface area contributed by atoms with Crippen molar-refractivity contribution in [2.45, 2.75) is 32.7 Å². The smallest absolute Gasteiger partial charge is 0.339 e. The predicted molar refractivity (Wildman–Crippen MR) is 90.9 cm³/mol. The molecule has 132 valence electrons. The van der Waals surface area contributed by atoms with Gasteiger partial charge in [-0.15, -0.1) is 0 Å². The Morgan fingerprint density at radius 2 is 1.84 bits per heavy atom. The third-order valence-electron chi connectivity index (χ3n) is 4.76. The van der Waals surface area contributed by atoms with Crippen molar-refractivity contribution in [3.8, 4) is 5.75 Å². The summed E-state index contributed by atoms with van der Waals surface area (Å²) >= 11 is 0. The molecule has 1 aromatic heterocycles. The Kier molecular flexibility index (Phi) is 4.48. The lowest BCUT2D eigenvalue weighted by atomic mass is 10.0. The predicted octanol–water partition coefficient (Wildman–Crippen LogP) is 2.38. The summed E-state index contributed by atoms with van der Waals surface area (Å²) in [6.45, 7) is 4.69. The molecular formula is C18H21N3O4. The Balaban J connectivity index is 1.69. The van der Waals surface area contributed by atoms with Gasteiger partial charge in [0.15, 0.2) is 0 Å². The van der Waals surface area contributed by atoms with Gasteiger partial charge in [-0.1, -0.05) is 6.07 Å². The van der Waals surface area contributed by atoms with E-state index in [-0.39, 0.29) is 23.3 Å². The first-order valence-electron chi connectivity index (χ1n) is 8.24. The molecule has 7 nitrogen and oxygen atoms in total. The summed E-state index contributed by atoms with van der Waals surface area (Å²) in [4.78, 5) is 25.5. The van der Waals surface area contributed by atoms with Crippen LogP contribution in [-0.2, 0) is 0 Å². The Labute approximate surface area is 145 Å². The number of phenols is 1. The number of aromatic carboxylic acids is 1. The Hall–Kier alpha value is -2.83. The van der Waals surface area contributed by atoms with Crippen LogP contribution in [0.4, 0.5) is 0 Å². The number of carboxylic acid groups (broad SMARTS) is 1. The lowest BCUT2D eigenvalue weighted by molar-refractivity contribution is 0.0685. The van der Waals surface area contributed by atoms with E-state index in [0.29, 0.717) is 37.2 Å². The van der Waals surface area contributed by atoms with E-state index in [4.69, 9.17) is 5.11 Å². The van der Waals surface area contributed by atoms with Gasteiger partial charge in [0.05, 0.1) is 23.5 Å². The van der Waals surface area contributed by atoms with Crippen LogP contribution in [0.5, 0.6) is 5.75 Å². The summed E-state index contributed by atoms with van der Waals surface area (Å²) in [5, 5.41) is 23.3. The molecule has 25 heavy (non-hydrogen) atoms. The molecule has 0 atom stereocenters. The number of hydrogen-bond acceptors (Lipinski definition) is 4. The highest BCUT2D eigenvalue weighted by atomic mass is 16.4. The second-order valence-electron chi connectivity index (χ2n) is 6.44. The van der Waals surface area contributed by atoms with Crippen LogP contribution in [0.15, 0.2) is 24.4 Å². The zero-order valence-electron chi connectivity index (χ0n) is 14.3. The molecule has 1 fully saturated rings. The molecule has 1 aliphatic rings. The average molecular weight is 343 g/mol. The Morgan fingerprint density at radius 1 is 1.16 bits per heavy atom. The standard InChI is InChI=1S/C18H21N3O4/c1-11-3-4-14(16(22)9-11)17(23)20-7-5-13(6-8-20)21-12(2)15(10-19-21)18(24)25/h3-4,9-10,13,22H,5-8H2,1-2H3,(H,24,25). The lowest BCUT2D eigenvalue weighted by Crippen LogP contribution is -2.39. The summed E-state index contributed by atoms with van der Waals surface area (Å²) in [5.41, 5.74) is 2.06. The number of piperidine rings is 1. The van der Waals surface area contributed by atoms with Crippen LogP contribution < -0.4 is 0 Å². The molecule has 3 rings (SSSR count). The van der Waals surface area contributed by atoms with Crippen LogP contribution >= 0.6 is 0 Å². The fourth-order valence-corrected chi connectivity index (χ4v) is 3.31. The van der Waals surface area contributed by atoms with Gasteiger partial charge in [0.25, 0.3) is 5.91 Å². The number of aromatic nitrogens is 2. The summed E-state index contributed by atoms with van der Waals surface area (Å²) < 4.78 is 1.74. The van der Waals surface area contributed by atoms with Crippen LogP contribution in [0.2, 0.25) is 0 Å². The largest absolute Gasteiger partial charge is 0.507 e. The number of aromatic hydroxyl groups is 1. The van der Waals surface area contributed by atoms with Crippen LogP contribution in [0.1, 0.15) is 50.9 Å². The highest BCUT2D eigenvalue weighted by Crippen LogP contribution is 2.27. The molecular weight excluding hydrogens is 322 g/mol. The minimum Gasteiger partial charge on any atom is -0.507 e. The van der Waals surface area contributed by atoms with E-state index in [1.165, 1.54) is 6.20 Å². The van der Waals surface area contributed by atoms with Crippen LogP contribution in [0.3, 0.4) is 0 Å². The zero-order valence-corrected chi connectivity index (χ0v) is 14.3. The van der Waals surface area contributed by atoms with Gasteiger partial charge >= 0.3 is 5.97 Å². The number of aryl methyl sites for hydroxylation is 1. The first-order chi connectivity index (χ1) is 11.9. The van der Waals surface area contributed by atoms with Gasteiger partial charge in [-0.2, -0.15) is 5.10 Å². The maximum atomic E-state index is 12.6. The van der Waals surface area contributed by atoms with Crippen LogP contribution in [-0.4, -0.2) is 49.9 Å². The number of benzene rings is 1. The van der Waals surface area contributed by atoms with Gasteiger partial charge in [0.2, 0.25) is 0 Å². The highest BCUT2D eigenvalue weighted by Gasteiger charge is 2.28. The first kappa shape index (κ1) is 17.0. The van der Waals surface area contributed by atoms with Gasteiger partial charge in [0, 0.05) is 13.1 Å². The minimum atomic E-state index is -0.980. The van der Waals surface area contributed by atoms with Crippen LogP contribution in [0, 0.1) is 13.8 Å². The molecule has 1 saturated heterocycles. The van der Waals surface area contributed by atoms with Crippen molar-refractivity contribution in [3.63, 3.8) is 0 Å². The number of amides is 1. The maximum absolute atomic E-state index is 12.6. The molecule has 0 radical (unpaired) electrons. The van der Waals surface area contributed by atoms with Crippen molar-refractivity contribution in [2.75, 3.05) is 13.1 Å². The minimum absolute atomic E-state index is 0.00106. The molecule has 0 bridgehead atoms. The molecule has 1 aliphatic heterocycles. The van der Waals surface area contributed by atoms with Crippen molar-refractivity contribution >= 4 is 11.9 Å². The third kappa shape index (κ3) is 3.22. The highest BCUT2D eigenvalue weighted by molar-refractivity contribution is 5.97. The Bertz CT molecular complexity index is 820. The molecule has 0 aliphatic carbocycles. The van der Waals surface area contributed by atoms with Crippen molar-refractivity contribution in [2.24, 2.45) is 0 Å². The number of carbonyl (C=O) groups excluding carboxylic acids is 1. The summed E-state index contributed by atoms with van der Waals surface area (Å²) in [6, 6.07) is 5.11. The molecule has 1 amide bonds. The molecule has 1 aromatic carbocycles. The van der Waals surface area contributed by atoms with Crippen molar-refractivity contribution in [1.82, 2.24) is 14.7 Å². The quantitative estimate of drug-likeness (QED) is 0.892. The summed E-state index contributed by atoms with van der Waals surface area (Å²) in [7, 11) is 0. The lowest BCUT2D eigenvalue weighted by Gasteiger charge is -2.32. The molecule has 2 heterocycles. The van der Waals surface area contributed by atoms with E-state index in [2.05, 4.69) is 5.10 Å². The van der Waals surface area contributed by atoms with Gasteiger partial charge < -0.3 is 15.1 Å². The van der Waals surface area contributed by atoms with Crippen molar-refractivity contribution < 1.29 is 19.8 Å². The summed E-state index contributed by atoms with van der Waals surface area (Å²) in [6.07, 6.45) is 2.76. The van der Waals surface area contributed by atoms with E-state index in [1.54, 1.807) is 34.7 Å². The number of hydrogen-bond donors (Lipinski definition) is 2. The van der Waals surface area contributed by atoms with Gasteiger partial charge in [-0.05, 0) is 44.4 Å². The SMILES string of the molecule is Cc1ccc(C(=O)N2CCC(n3ncc(C(=O)O)c3C)CC2)c(O)c1. The van der Waals surface area contributed by atoms with E-state index in [9.17, 15) is 14.7 Å². The molecule has 0 saturated carbocycles. The monoisotopic (exact) mass is 343 g/mol. The van der Waals surface area contributed by atoms with E-state index in [0.717, 1.165) is 5.56 Å². The zero-order chi connectivity index (χ0) is 18.1. The van der Waals surface area contributed by atoms with E-state index < -0.39 is 5.97 Å². The molecule has 0 unspecified atom stereocenters. The number of nitrogens with zero attached hydrogens (tertiary/aromatic N) is 3. The summed E-state index contributed by atoms with van der Waals surface area (Å²) in [5.74, 6) is -1.16. The van der Waals surface area contributed by atoms with E-state index >= 15 is 0 Å². The number of carboxylic acids is 1. The average Bonchev–Trinajstić information content (AvgIpc) is 2.96. The van der Waals surface area contributed by atoms with Crippen molar-refractivity contribution in [1.29, 1.82) is 0 Å². The second-order valence-corrected chi connectivity index (χ2v) is 6.44. The molecule has 0 spiro atoms. The van der Waals surface area contributed by atoms with Gasteiger partial charge in [-0.25, -0.2) is 4.79 Å². The number of phenolic OH excluding ortho intramolecular Hbond substituents is 1. The van der Waals surface area contributed by atoms with Gasteiger partial charge in [0.1, 0.15) is 11.3 Å². The fraction of sp³-hybridized carbons (Fsp3) is 0.389. The second kappa shape index (κ2) is 6.58. The Morgan fingerprint density at radius 3 is 2.40 bits per heavy atom. The van der Waals surface area contributed by atoms with Crippen LogP contribution in [0.25, 0.3) is 0 Å². The third-order valence-corrected chi connectivity index (χ3v) is 4.76. The number of likely N-dealkylation sites (tertiary alicyclic amines) is 1. The molecule has 7 heteroatoms. The topological polar surface area (TPSA) is 95.7 Å². The molecule has 2 N–H and O–H groups in total. The molecule has 2 aromatic rings.